The van der Waals surface area contributed by atoms with Gasteiger partial charge in [-0.3, -0.25) is 9.78 Å². The average Bonchev–Trinajstić information content (AvgIpc) is 2.73. The number of aromatic nitrogens is 1. The summed E-state index contributed by atoms with van der Waals surface area (Å²) in [5.41, 5.74) is 2.18. The first-order chi connectivity index (χ1) is 13.6. The van der Waals surface area contributed by atoms with Crippen molar-refractivity contribution in [3.05, 3.63) is 59.9 Å². The molecule has 0 saturated carbocycles. The van der Waals surface area contributed by atoms with E-state index in [9.17, 15) is 4.79 Å². The Balaban J connectivity index is 1.44. The molecule has 0 radical (unpaired) electrons. The third kappa shape index (κ3) is 6.06. The number of ether oxygens (including phenoxy) is 1. The molecule has 1 aliphatic heterocycles. The van der Waals surface area contributed by atoms with Gasteiger partial charge in [0.25, 0.3) is 0 Å². The third-order valence-corrected chi connectivity index (χ3v) is 5.50. The first-order valence-corrected chi connectivity index (χ1v) is 10.1. The number of benzene rings is 1. The van der Waals surface area contributed by atoms with Gasteiger partial charge in [-0.05, 0) is 61.6 Å². The van der Waals surface area contributed by atoms with E-state index in [4.69, 9.17) is 4.74 Å². The highest BCUT2D eigenvalue weighted by molar-refractivity contribution is 5.78. The molecule has 0 spiro atoms. The Labute approximate surface area is 168 Å². The van der Waals surface area contributed by atoms with Crippen LogP contribution in [-0.4, -0.2) is 61.0 Å². The smallest absolute Gasteiger partial charge is 0.228 e. The maximum Gasteiger partial charge on any atom is 0.228 e. The minimum Gasteiger partial charge on any atom is -0.497 e. The van der Waals surface area contributed by atoms with Crippen molar-refractivity contribution in [2.75, 3.05) is 40.3 Å². The molecule has 5 heteroatoms. The van der Waals surface area contributed by atoms with Crippen LogP contribution in [0, 0.1) is 5.92 Å². The number of likely N-dealkylation sites (tertiary alicyclic amines) is 1. The normalized spacial score (nSPS) is 17.3. The van der Waals surface area contributed by atoms with Gasteiger partial charge >= 0.3 is 0 Å². The van der Waals surface area contributed by atoms with Crippen molar-refractivity contribution in [1.82, 2.24) is 14.8 Å². The van der Waals surface area contributed by atoms with Crippen LogP contribution in [0.4, 0.5) is 0 Å². The van der Waals surface area contributed by atoms with Crippen LogP contribution in [0.5, 0.6) is 5.75 Å². The molecule has 1 aromatic heterocycles. The van der Waals surface area contributed by atoms with E-state index in [0.717, 1.165) is 44.0 Å². The Hall–Kier alpha value is -2.40. The summed E-state index contributed by atoms with van der Waals surface area (Å²) in [6, 6.07) is 14.0. The molecule has 0 N–H and O–H groups in total. The second-order valence-electron chi connectivity index (χ2n) is 7.68. The van der Waals surface area contributed by atoms with Crippen LogP contribution in [0.25, 0.3) is 0 Å². The second kappa shape index (κ2) is 10.2. The molecule has 150 valence electrons. The van der Waals surface area contributed by atoms with E-state index < -0.39 is 0 Å². The Morgan fingerprint density at radius 3 is 2.79 bits per heavy atom. The molecule has 1 saturated heterocycles. The molecule has 1 unspecified atom stereocenters. The average molecular weight is 382 g/mol. The van der Waals surface area contributed by atoms with Gasteiger partial charge in [0, 0.05) is 38.6 Å². The van der Waals surface area contributed by atoms with Gasteiger partial charge in [-0.2, -0.15) is 0 Å². The lowest BCUT2D eigenvalue weighted by molar-refractivity contribution is -0.130. The van der Waals surface area contributed by atoms with Crippen molar-refractivity contribution in [3.63, 3.8) is 0 Å². The van der Waals surface area contributed by atoms with E-state index in [1.807, 2.05) is 42.3 Å². The number of pyridine rings is 1. The maximum absolute atomic E-state index is 12.5. The lowest BCUT2D eigenvalue weighted by Crippen LogP contribution is -2.42. The number of carbonyl (C=O) groups is 1. The first kappa shape index (κ1) is 20.3. The predicted octanol–water partition coefficient (Wildman–Crippen LogP) is 3.05. The SMILES string of the molecule is COc1ccc(CCN2CCCC(CN(C)C(=O)Cc3ccccn3)C2)cc1. The second-order valence-corrected chi connectivity index (χ2v) is 7.68. The molecular formula is C23H31N3O2. The summed E-state index contributed by atoms with van der Waals surface area (Å²) in [5.74, 6) is 1.59. The van der Waals surface area contributed by atoms with Crippen molar-refractivity contribution in [1.29, 1.82) is 0 Å². The molecule has 2 aromatic rings. The number of hydrogen-bond donors (Lipinski definition) is 0. The fourth-order valence-corrected chi connectivity index (χ4v) is 3.86. The summed E-state index contributed by atoms with van der Waals surface area (Å²) in [6.07, 6.45) is 5.57. The number of piperidine rings is 1. The van der Waals surface area contributed by atoms with Gasteiger partial charge in [0.05, 0.1) is 13.5 Å². The van der Waals surface area contributed by atoms with Crippen LogP contribution in [0.3, 0.4) is 0 Å². The monoisotopic (exact) mass is 381 g/mol. The van der Waals surface area contributed by atoms with Crippen LogP contribution in [-0.2, 0) is 17.6 Å². The summed E-state index contributed by atoms with van der Waals surface area (Å²) >= 11 is 0. The van der Waals surface area contributed by atoms with Crippen molar-refractivity contribution in [2.24, 2.45) is 5.92 Å². The van der Waals surface area contributed by atoms with Crippen LogP contribution in [0.2, 0.25) is 0 Å². The summed E-state index contributed by atoms with van der Waals surface area (Å²) < 4.78 is 5.22. The molecule has 1 amide bonds. The van der Waals surface area contributed by atoms with Crippen molar-refractivity contribution in [3.8, 4) is 5.75 Å². The molecule has 1 aromatic carbocycles. The van der Waals surface area contributed by atoms with E-state index in [2.05, 4.69) is 22.0 Å². The van der Waals surface area contributed by atoms with E-state index >= 15 is 0 Å². The molecule has 28 heavy (non-hydrogen) atoms. The Morgan fingerprint density at radius 2 is 2.07 bits per heavy atom. The van der Waals surface area contributed by atoms with Gasteiger partial charge < -0.3 is 14.5 Å². The van der Waals surface area contributed by atoms with Crippen LogP contribution >= 0.6 is 0 Å². The zero-order valence-electron chi connectivity index (χ0n) is 17.0. The summed E-state index contributed by atoms with van der Waals surface area (Å²) in [4.78, 5) is 21.2. The Kier molecular flexibility index (Phi) is 7.43. The minimum atomic E-state index is 0.147. The third-order valence-electron chi connectivity index (χ3n) is 5.50. The molecule has 2 heterocycles. The number of rotatable bonds is 8. The minimum absolute atomic E-state index is 0.147. The largest absolute Gasteiger partial charge is 0.497 e. The van der Waals surface area contributed by atoms with Crippen molar-refractivity contribution >= 4 is 5.91 Å². The van der Waals surface area contributed by atoms with Crippen molar-refractivity contribution < 1.29 is 9.53 Å². The summed E-state index contributed by atoms with van der Waals surface area (Å²) in [5, 5.41) is 0. The van der Waals surface area contributed by atoms with Gasteiger partial charge in [0.1, 0.15) is 5.75 Å². The quantitative estimate of drug-likeness (QED) is 0.705. The number of likely N-dealkylation sites (N-methyl/N-ethyl adjacent to an activating group) is 1. The number of hydrogen-bond acceptors (Lipinski definition) is 4. The zero-order valence-corrected chi connectivity index (χ0v) is 17.0. The lowest BCUT2D eigenvalue weighted by atomic mass is 9.97. The van der Waals surface area contributed by atoms with Crippen molar-refractivity contribution in [2.45, 2.75) is 25.7 Å². The molecular weight excluding hydrogens is 350 g/mol. The van der Waals surface area contributed by atoms with E-state index in [1.54, 1.807) is 13.3 Å². The van der Waals surface area contributed by atoms with Gasteiger partial charge in [-0.15, -0.1) is 0 Å². The topological polar surface area (TPSA) is 45.7 Å². The maximum atomic E-state index is 12.5. The van der Waals surface area contributed by atoms with Gasteiger partial charge in [0.2, 0.25) is 5.91 Å². The van der Waals surface area contributed by atoms with Gasteiger partial charge in [-0.25, -0.2) is 0 Å². The molecule has 0 bridgehead atoms. The fourth-order valence-electron chi connectivity index (χ4n) is 3.86. The van der Waals surface area contributed by atoms with E-state index in [-0.39, 0.29) is 5.91 Å². The molecule has 5 nitrogen and oxygen atoms in total. The number of carbonyl (C=O) groups excluding carboxylic acids is 1. The molecule has 1 aliphatic rings. The number of amides is 1. The standard InChI is InChI=1S/C23H31N3O2/c1-25(23(27)16-21-7-3-4-13-24-21)17-20-6-5-14-26(18-20)15-12-19-8-10-22(28-2)11-9-19/h3-4,7-11,13,20H,5-6,12,14-18H2,1-2H3. The number of methoxy groups -OCH3 is 1. The molecule has 1 fully saturated rings. The summed E-state index contributed by atoms with van der Waals surface area (Å²) in [7, 11) is 3.61. The lowest BCUT2D eigenvalue weighted by Gasteiger charge is -2.34. The predicted molar refractivity (Wildman–Crippen MR) is 111 cm³/mol. The van der Waals surface area contributed by atoms with Crippen LogP contribution < -0.4 is 4.74 Å². The fraction of sp³-hybridized carbons (Fsp3) is 0.478. The van der Waals surface area contributed by atoms with E-state index in [0.29, 0.717) is 12.3 Å². The highest BCUT2D eigenvalue weighted by Crippen LogP contribution is 2.19. The Morgan fingerprint density at radius 1 is 1.25 bits per heavy atom. The first-order valence-electron chi connectivity index (χ1n) is 10.1. The molecule has 0 aliphatic carbocycles. The molecule has 1 atom stereocenters. The van der Waals surface area contributed by atoms with Gasteiger partial charge in [0.15, 0.2) is 0 Å². The zero-order chi connectivity index (χ0) is 19.8. The Bertz CT molecular complexity index is 733. The van der Waals surface area contributed by atoms with Crippen LogP contribution in [0.1, 0.15) is 24.1 Å². The van der Waals surface area contributed by atoms with E-state index in [1.165, 1.54) is 18.4 Å². The molecule has 3 rings (SSSR count). The highest BCUT2D eigenvalue weighted by atomic mass is 16.5. The number of nitrogens with zero attached hydrogens (tertiary/aromatic N) is 3. The van der Waals surface area contributed by atoms with Crippen LogP contribution in [0.15, 0.2) is 48.7 Å². The summed E-state index contributed by atoms with van der Waals surface area (Å²) in [6.45, 7) is 4.11. The highest BCUT2D eigenvalue weighted by Gasteiger charge is 2.22. The van der Waals surface area contributed by atoms with Gasteiger partial charge in [-0.1, -0.05) is 18.2 Å².